The summed E-state index contributed by atoms with van der Waals surface area (Å²) in [5.74, 6) is -4.69. The molecule has 0 bridgehead atoms. The van der Waals surface area contributed by atoms with Gasteiger partial charge in [0.15, 0.2) is 6.10 Å². The van der Waals surface area contributed by atoms with Crippen LogP contribution in [0.15, 0.2) is 34.6 Å². The van der Waals surface area contributed by atoms with Gasteiger partial charge in [0.05, 0.1) is 50.5 Å². The molecule has 0 radical (unpaired) electrons. The highest BCUT2D eigenvalue weighted by molar-refractivity contribution is 9.11. The van der Waals surface area contributed by atoms with Gasteiger partial charge in [0, 0.05) is 50.5 Å². The molecule has 3 rings (SSSR count). The minimum absolute atomic E-state index is 0.0114. The quantitative estimate of drug-likeness (QED) is 0.0266. The number of carbonyl (C=O) groups excluding carboxylic acids is 6. The number of thiazole rings is 1. The minimum Gasteiger partial charge on any atom is -0.506 e. The van der Waals surface area contributed by atoms with Crippen molar-refractivity contribution < 1.29 is 58.0 Å². The van der Waals surface area contributed by atoms with Crippen LogP contribution in [-0.2, 0) is 49.4 Å². The Balaban J connectivity index is 1.71. The van der Waals surface area contributed by atoms with Gasteiger partial charge in [-0.1, -0.05) is 69.5 Å². The van der Waals surface area contributed by atoms with Crippen molar-refractivity contribution in [3.05, 3.63) is 50.9 Å². The maximum atomic E-state index is 14.3. The van der Waals surface area contributed by atoms with Gasteiger partial charge in [-0.15, -0.1) is 11.3 Å². The number of amides is 5. The lowest BCUT2D eigenvalue weighted by molar-refractivity contribution is -0.149. The average Bonchev–Trinajstić information content (AvgIpc) is 3.80. The number of likely N-dealkylation sites (tertiary alicyclic amines) is 1. The van der Waals surface area contributed by atoms with Crippen molar-refractivity contribution >= 4 is 74.4 Å². The summed E-state index contributed by atoms with van der Waals surface area (Å²) in [5, 5.41) is 33.5. The van der Waals surface area contributed by atoms with Crippen molar-refractivity contribution in [2.24, 2.45) is 17.8 Å². The third-order valence-electron chi connectivity index (χ3n) is 12.1. The summed E-state index contributed by atoms with van der Waals surface area (Å²) in [6, 6.07) is 2.25. The van der Waals surface area contributed by atoms with Crippen LogP contribution in [0.4, 0.5) is 5.69 Å². The molecule has 1 unspecified atom stereocenters. The Bertz CT molecular complexity index is 2050. The Kier molecular flexibility index (Phi) is 25.3. The molecule has 1 aliphatic rings. The number of carboxylic acid groups (broad SMARTS) is 1. The first-order valence-electron chi connectivity index (χ1n) is 23.5. The molecule has 1 aromatic heterocycles. The fourth-order valence-corrected chi connectivity index (χ4v) is 8.97. The van der Waals surface area contributed by atoms with E-state index in [1.54, 1.807) is 24.1 Å². The van der Waals surface area contributed by atoms with Gasteiger partial charge in [-0.05, 0) is 73.8 Å². The molecule has 21 heteroatoms. The second-order valence-electron chi connectivity index (χ2n) is 17.8. The van der Waals surface area contributed by atoms with Crippen LogP contribution in [-0.4, -0.2) is 144 Å². The van der Waals surface area contributed by atoms with Crippen molar-refractivity contribution in [3.63, 3.8) is 0 Å². The fraction of sp³-hybridized carbons (Fsp3) is 0.625. The van der Waals surface area contributed by atoms with Gasteiger partial charge in [0.1, 0.15) is 22.5 Å². The molecule has 2 aromatic rings. The van der Waals surface area contributed by atoms with E-state index in [9.17, 15) is 43.8 Å². The molecule has 1 saturated heterocycles. The number of halogens is 1. The van der Waals surface area contributed by atoms with E-state index >= 15 is 0 Å². The van der Waals surface area contributed by atoms with E-state index in [0.717, 1.165) is 30.7 Å². The van der Waals surface area contributed by atoms with Gasteiger partial charge in [0.2, 0.25) is 23.6 Å². The summed E-state index contributed by atoms with van der Waals surface area (Å²) in [7, 11) is 3.61. The first-order chi connectivity index (χ1) is 32.7. The van der Waals surface area contributed by atoms with Gasteiger partial charge >= 0.3 is 11.9 Å². The third-order valence-corrected chi connectivity index (χ3v) is 13.3. The molecular weight excluding hydrogens is 979 g/mol. The van der Waals surface area contributed by atoms with Crippen LogP contribution in [0.25, 0.3) is 0 Å². The van der Waals surface area contributed by atoms with Gasteiger partial charge in [-0.3, -0.25) is 38.5 Å². The molecule has 384 valence electrons. The number of nitrogens with one attached hydrogen (secondary N) is 4. The van der Waals surface area contributed by atoms with Crippen molar-refractivity contribution in [2.75, 3.05) is 58.9 Å². The van der Waals surface area contributed by atoms with E-state index in [1.807, 2.05) is 39.6 Å². The number of ether oxygens (including phenoxy) is 3. The summed E-state index contributed by atoms with van der Waals surface area (Å²) < 4.78 is 16.7. The molecule has 1 aromatic carbocycles. The molecule has 5 amide bonds. The molecule has 6 N–H and O–H groups in total. The van der Waals surface area contributed by atoms with Gasteiger partial charge in [-0.25, -0.2) is 4.98 Å². The number of aromatic nitrogens is 1. The zero-order valence-electron chi connectivity index (χ0n) is 41.1. The van der Waals surface area contributed by atoms with Crippen molar-refractivity contribution in [1.29, 1.82) is 0 Å². The number of hydrogen-bond acceptors (Lipinski definition) is 14. The lowest BCUT2D eigenvalue weighted by Crippen LogP contribution is -2.58. The molecule has 1 fully saturated rings. The highest BCUT2D eigenvalue weighted by Gasteiger charge is 2.37. The Morgan fingerprint density at radius 2 is 1.72 bits per heavy atom. The SMILES string of the molecule is CC[C@H](C)[C@H](NC(=O)[C@H]1CCCCN1C)C(=O)N(C)[C@H](C[C@@H](OC(C)=O)c1nc(C(=O)N[C@@H](Cc2ccc(O)c(NC(=O)CCOCCOCCNC(=O)/C=C/Br)c2)CC(C)C(=O)O)cs1)C(C)C. The molecule has 69 heavy (non-hydrogen) atoms. The second-order valence-corrected chi connectivity index (χ2v) is 19.3. The summed E-state index contributed by atoms with van der Waals surface area (Å²) in [5.41, 5.74) is 0.717. The summed E-state index contributed by atoms with van der Waals surface area (Å²) in [6.45, 7) is 12.6. The zero-order valence-corrected chi connectivity index (χ0v) is 43.5. The number of carboxylic acids is 1. The van der Waals surface area contributed by atoms with Crippen LogP contribution in [0.2, 0.25) is 0 Å². The number of rotatable bonds is 29. The Morgan fingerprint density at radius 1 is 1.01 bits per heavy atom. The number of benzene rings is 1. The van der Waals surface area contributed by atoms with E-state index in [-0.39, 0.29) is 105 Å². The molecule has 19 nitrogen and oxygen atoms in total. The third kappa shape index (κ3) is 19.8. The summed E-state index contributed by atoms with van der Waals surface area (Å²) in [6.07, 6.45) is 4.01. The maximum absolute atomic E-state index is 14.3. The van der Waals surface area contributed by atoms with Crippen molar-refractivity contribution in [3.8, 4) is 5.75 Å². The van der Waals surface area contributed by atoms with Gasteiger partial charge in [-0.2, -0.15) is 0 Å². The molecule has 1 aliphatic heterocycles. The largest absolute Gasteiger partial charge is 0.506 e. The summed E-state index contributed by atoms with van der Waals surface area (Å²) in [4.78, 5) is 100.0. The van der Waals surface area contributed by atoms with Crippen molar-refractivity contribution in [1.82, 2.24) is 30.7 Å². The number of phenols is 1. The molecule has 0 aliphatic carbocycles. The lowest BCUT2D eigenvalue weighted by atomic mass is 9.92. The topological polar surface area (TPSA) is 255 Å². The Morgan fingerprint density at radius 3 is 2.36 bits per heavy atom. The minimum atomic E-state index is -1.06. The number of aromatic hydroxyl groups is 1. The second kappa shape index (κ2) is 29.9. The normalized spacial score (nSPS) is 16.7. The molecule has 7 atom stereocenters. The number of aliphatic carboxylic acids is 1. The average molecular weight is 1050 g/mol. The number of piperidine rings is 1. The number of likely N-dealkylation sites (N-methyl/N-ethyl adjacent to an activating group) is 2. The van der Waals surface area contributed by atoms with Crippen LogP contribution < -0.4 is 21.3 Å². The number of carbonyl (C=O) groups is 7. The van der Waals surface area contributed by atoms with Crippen LogP contribution in [0, 0.1) is 17.8 Å². The number of anilines is 1. The number of nitrogens with zero attached hydrogens (tertiary/aromatic N) is 3. The molecule has 0 spiro atoms. The number of phenolic OH excluding ortho intramolecular Hbond substituents is 1. The number of esters is 1. The Hall–Kier alpha value is -4.96. The fourth-order valence-electron chi connectivity index (χ4n) is 7.90. The van der Waals surface area contributed by atoms with E-state index < -0.39 is 53.9 Å². The summed E-state index contributed by atoms with van der Waals surface area (Å²) >= 11 is 4.13. The predicted molar refractivity (Wildman–Crippen MR) is 265 cm³/mol. The molecular formula is C48H72BrN7O12S. The van der Waals surface area contributed by atoms with E-state index in [1.165, 1.54) is 36.4 Å². The maximum Gasteiger partial charge on any atom is 0.306 e. The first-order valence-corrected chi connectivity index (χ1v) is 25.3. The lowest BCUT2D eigenvalue weighted by Gasteiger charge is -2.38. The smallest absolute Gasteiger partial charge is 0.306 e. The molecule has 0 saturated carbocycles. The van der Waals surface area contributed by atoms with Gasteiger partial charge in [0.25, 0.3) is 5.91 Å². The standard InChI is InChI=1S/C48H72BrN7O12S/c1-9-30(4)43(54-45(62)37-12-10-11-19-55(37)7)47(63)56(8)38(29(2)3)27-40(68-32(6)57)46-53-36(28-69-46)44(61)51-34(24-31(5)48(64)65)25-33-13-14-39(58)35(26-33)52-42(60)16-20-66-22-23-67-21-18-50-41(59)15-17-49/h13-15,17,26,28-31,34,37-38,40,43,58H,9-12,16,18-25,27H2,1-8H3,(H,50,59)(H,51,61)(H,52,60)(H,54,62)(H,64,65)/b17-15+/t30-,31?,34+,37+,38+,40+,43-/m0/s1. The van der Waals surface area contributed by atoms with E-state index in [0.29, 0.717) is 30.0 Å². The highest BCUT2D eigenvalue weighted by atomic mass is 79.9. The van der Waals surface area contributed by atoms with E-state index in [2.05, 4.69) is 42.2 Å². The van der Waals surface area contributed by atoms with E-state index in [4.69, 9.17) is 14.2 Å². The van der Waals surface area contributed by atoms with Crippen molar-refractivity contribution in [2.45, 2.75) is 123 Å². The van der Waals surface area contributed by atoms with Gasteiger partial charge < -0.3 is 50.6 Å². The molecule has 2 heterocycles. The number of hydrogen-bond donors (Lipinski definition) is 6. The van der Waals surface area contributed by atoms with Crippen LogP contribution in [0.1, 0.15) is 114 Å². The first kappa shape index (κ1) is 58.4. The predicted octanol–water partition coefficient (Wildman–Crippen LogP) is 5.18. The van der Waals surface area contributed by atoms with Crippen LogP contribution in [0.3, 0.4) is 0 Å². The monoisotopic (exact) mass is 1050 g/mol. The zero-order chi connectivity index (χ0) is 51.2. The van der Waals surface area contributed by atoms with Crippen LogP contribution in [0.5, 0.6) is 5.75 Å². The van der Waals surface area contributed by atoms with Crippen LogP contribution >= 0.6 is 27.3 Å². The Labute approximate surface area is 418 Å². The highest BCUT2D eigenvalue weighted by Crippen LogP contribution is 2.32.